The van der Waals surface area contributed by atoms with E-state index >= 15 is 0 Å². The highest BCUT2D eigenvalue weighted by molar-refractivity contribution is 7.99. The quantitative estimate of drug-likeness (QED) is 0.390. The molecule has 7 nitrogen and oxygen atoms in total. The van der Waals surface area contributed by atoms with E-state index in [0.29, 0.717) is 23.5 Å². The van der Waals surface area contributed by atoms with Crippen LogP contribution in [0.5, 0.6) is 11.5 Å². The van der Waals surface area contributed by atoms with Crippen molar-refractivity contribution in [2.24, 2.45) is 13.0 Å². The average molecular weight is 495 g/mol. The van der Waals surface area contributed by atoms with E-state index in [1.807, 2.05) is 29.8 Å². The van der Waals surface area contributed by atoms with Crippen molar-refractivity contribution in [1.82, 2.24) is 20.1 Å². The fourth-order valence-electron chi connectivity index (χ4n) is 4.66. The fraction of sp³-hybridized carbons (Fsp3) is 0.444. The number of nitrogens with one attached hydrogen (secondary N) is 1. The first-order valence-corrected chi connectivity index (χ1v) is 13.2. The molecule has 0 unspecified atom stereocenters. The van der Waals surface area contributed by atoms with Crippen LogP contribution in [0.15, 0.2) is 53.7 Å². The number of para-hydroxylation sites is 1. The number of benzene rings is 2. The first-order valence-electron chi connectivity index (χ1n) is 12.2. The van der Waals surface area contributed by atoms with Gasteiger partial charge in [0.25, 0.3) is 5.91 Å². The van der Waals surface area contributed by atoms with E-state index in [2.05, 4.69) is 27.6 Å². The summed E-state index contributed by atoms with van der Waals surface area (Å²) in [4.78, 5) is 13.4. The second-order valence-electron chi connectivity index (χ2n) is 8.97. The van der Waals surface area contributed by atoms with Crippen LogP contribution in [-0.4, -0.2) is 40.6 Å². The Bertz CT molecular complexity index is 1110. The smallest absolute Gasteiger partial charge is 0.255 e. The van der Waals surface area contributed by atoms with E-state index in [0.717, 1.165) is 28.2 Å². The van der Waals surface area contributed by atoms with Gasteiger partial charge in [0.1, 0.15) is 0 Å². The van der Waals surface area contributed by atoms with Crippen LogP contribution in [0.1, 0.15) is 59.9 Å². The van der Waals surface area contributed by atoms with Gasteiger partial charge in [-0.25, -0.2) is 0 Å². The van der Waals surface area contributed by atoms with Crippen LogP contribution in [0.4, 0.5) is 0 Å². The molecule has 1 aliphatic carbocycles. The zero-order chi connectivity index (χ0) is 24.6. The molecule has 186 valence electrons. The highest BCUT2D eigenvalue weighted by atomic mass is 32.2. The fourth-order valence-corrected chi connectivity index (χ4v) is 5.76. The lowest BCUT2D eigenvalue weighted by atomic mass is 9.91. The highest BCUT2D eigenvalue weighted by Gasteiger charge is 2.25. The van der Waals surface area contributed by atoms with Crippen LogP contribution in [0.3, 0.4) is 0 Å². The van der Waals surface area contributed by atoms with Gasteiger partial charge >= 0.3 is 0 Å². The number of thioether (sulfide) groups is 1. The normalized spacial score (nSPS) is 14.9. The molecule has 4 rings (SSSR count). The number of aromatic nitrogens is 3. The minimum absolute atomic E-state index is 0.249. The molecule has 0 saturated heterocycles. The van der Waals surface area contributed by atoms with Gasteiger partial charge < -0.3 is 19.4 Å². The Morgan fingerprint density at radius 2 is 1.83 bits per heavy atom. The van der Waals surface area contributed by atoms with E-state index < -0.39 is 0 Å². The van der Waals surface area contributed by atoms with Gasteiger partial charge in [0.2, 0.25) is 0 Å². The van der Waals surface area contributed by atoms with Crippen molar-refractivity contribution in [1.29, 1.82) is 0 Å². The minimum atomic E-state index is -0.359. The lowest BCUT2D eigenvalue weighted by Crippen LogP contribution is -2.32. The summed E-state index contributed by atoms with van der Waals surface area (Å²) in [5, 5.41) is 13.1. The van der Waals surface area contributed by atoms with Crippen molar-refractivity contribution >= 4 is 17.7 Å². The Hall–Kier alpha value is -3.00. The molecule has 8 heteroatoms. The van der Waals surface area contributed by atoms with Gasteiger partial charge in [0, 0.05) is 12.8 Å². The van der Waals surface area contributed by atoms with Gasteiger partial charge in [-0.2, -0.15) is 0 Å². The Morgan fingerprint density at radius 3 is 2.54 bits per heavy atom. The van der Waals surface area contributed by atoms with Gasteiger partial charge in [-0.15, -0.1) is 10.2 Å². The molecule has 0 bridgehead atoms. The second-order valence-corrected chi connectivity index (χ2v) is 9.96. The van der Waals surface area contributed by atoms with Crippen LogP contribution in [-0.2, 0) is 13.5 Å². The van der Waals surface area contributed by atoms with Gasteiger partial charge in [-0.3, -0.25) is 4.79 Å². The highest BCUT2D eigenvalue weighted by Crippen LogP contribution is 2.32. The van der Waals surface area contributed by atoms with Crippen LogP contribution in [0, 0.1) is 5.92 Å². The standard InChI is InChI=1S/C27H34N4O3S/c1-31-25(29-30-27(31)35-18-20-13-8-5-9-14-20)22(17-19-11-6-4-7-12-19)28-26(32)21-15-10-16-23(33-2)24(21)34-3/h4,6-7,10-12,15-16,20,22H,5,8-9,13-14,17-18H2,1-3H3,(H,28,32)/t22-/m1/s1. The third-order valence-corrected chi connectivity index (χ3v) is 7.84. The topological polar surface area (TPSA) is 78.3 Å². The first-order chi connectivity index (χ1) is 17.1. The van der Waals surface area contributed by atoms with Crippen molar-refractivity contribution in [3.8, 4) is 11.5 Å². The summed E-state index contributed by atoms with van der Waals surface area (Å²) in [6.07, 6.45) is 7.20. The number of carbonyl (C=O) groups is 1. The maximum Gasteiger partial charge on any atom is 0.255 e. The van der Waals surface area contributed by atoms with Crippen LogP contribution < -0.4 is 14.8 Å². The maximum absolute atomic E-state index is 13.4. The van der Waals surface area contributed by atoms with Crippen molar-refractivity contribution in [3.05, 3.63) is 65.5 Å². The largest absolute Gasteiger partial charge is 0.493 e. The summed E-state index contributed by atoms with van der Waals surface area (Å²) in [6.45, 7) is 0. The van der Waals surface area contributed by atoms with Crippen LogP contribution in [0.25, 0.3) is 0 Å². The molecular formula is C27H34N4O3S. The summed E-state index contributed by atoms with van der Waals surface area (Å²) in [5.41, 5.74) is 1.52. The van der Waals surface area contributed by atoms with E-state index in [-0.39, 0.29) is 11.9 Å². The monoisotopic (exact) mass is 494 g/mol. The molecule has 0 radical (unpaired) electrons. The Kier molecular flexibility index (Phi) is 8.69. The van der Waals surface area contributed by atoms with Crippen LogP contribution >= 0.6 is 11.8 Å². The number of hydrogen-bond donors (Lipinski definition) is 1. The molecule has 35 heavy (non-hydrogen) atoms. The third kappa shape index (κ3) is 6.17. The average Bonchev–Trinajstić information content (AvgIpc) is 3.27. The van der Waals surface area contributed by atoms with E-state index in [1.165, 1.54) is 39.2 Å². The Balaban J connectivity index is 1.57. The lowest BCUT2D eigenvalue weighted by Gasteiger charge is -2.21. The van der Waals surface area contributed by atoms with Crippen molar-refractivity contribution in [3.63, 3.8) is 0 Å². The molecule has 1 saturated carbocycles. The number of ether oxygens (including phenoxy) is 2. The van der Waals surface area contributed by atoms with E-state index in [9.17, 15) is 4.79 Å². The summed E-state index contributed by atoms with van der Waals surface area (Å²) in [7, 11) is 5.08. The predicted molar refractivity (Wildman–Crippen MR) is 138 cm³/mol. The lowest BCUT2D eigenvalue weighted by molar-refractivity contribution is 0.0930. The SMILES string of the molecule is COc1cccc(C(=O)N[C@H](Cc2ccccc2)c2nnc(SCC3CCCCC3)n2C)c1OC. The summed E-state index contributed by atoms with van der Waals surface area (Å²) >= 11 is 1.76. The Morgan fingerprint density at radius 1 is 1.06 bits per heavy atom. The molecule has 1 aliphatic rings. The third-order valence-electron chi connectivity index (χ3n) is 6.59. The zero-order valence-electron chi connectivity index (χ0n) is 20.7. The summed E-state index contributed by atoms with van der Waals surface area (Å²) < 4.78 is 12.9. The van der Waals surface area contributed by atoms with Gasteiger partial charge in [-0.1, -0.05) is 67.4 Å². The number of nitrogens with zero attached hydrogens (tertiary/aromatic N) is 3. The van der Waals surface area contributed by atoms with Crippen molar-refractivity contribution in [2.45, 2.75) is 49.7 Å². The van der Waals surface area contributed by atoms with E-state index in [4.69, 9.17) is 9.47 Å². The van der Waals surface area contributed by atoms with Crippen molar-refractivity contribution in [2.75, 3.05) is 20.0 Å². The van der Waals surface area contributed by atoms with E-state index in [1.54, 1.807) is 37.1 Å². The number of amides is 1. The number of hydrogen-bond acceptors (Lipinski definition) is 6. The minimum Gasteiger partial charge on any atom is -0.493 e. The van der Waals surface area contributed by atoms with Crippen LogP contribution in [0.2, 0.25) is 0 Å². The maximum atomic E-state index is 13.4. The molecule has 0 spiro atoms. The number of methoxy groups -OCH3 is 2. The molecule has 1 fully saturated rings. The Labute approximate surface area is 211 Å². The number of carbonyl (C=O) groups excluding carboxylic acids is 1. The molecule has 1 heterocycles. The molecule has 0 aliphatic heterocycles. The molecule has 2 aromatic carbocycles. The molecular weight excluding hydrogens is 460 g/mol. The van der Waals surface area contributed by atoms with Gasteiger partial charge in [-0.05, 0) is 42.9 Å². The van der Waals surface area contributed by atoms with Gasteiger partial charge in [0.15, 0.2) is 22.5 Å². The summed E-state index contributed by atoms with van der Waals surface area (Å²) in [6, 6.07) is 15.0. The molecule has 1 amide bonds. The molecule has 3 aromatic rings. The molecule has 1 aromatic heterocycles. The second kappa shape index (κ2) is 12.1. The predicted octanol–water partition coefficient (Wildman–Crippen LogP) is 5.22. The zero-order valence-corrected chi connectivity index (χ0v) is 21.5. The molecule has 1 atom stereocenters. The van der Waals surface area contributed by atoms with Gasteiger partial charge in [0.05, 0.1) is 25.8 Å². The number of rotatable bonds is 10. The van der Waals surface area contributed by atoms with Crippen molar-refractivity contribution < 1.29 is 14.3 Å². The first kappa shape index (κ1) is 25.1. The molecule has 1 N–H and O–H groups in total. The summed E-state index contributed by atoms with van der Waals surface area (Å²) in [5.74, 6) is 3.21.